The molecule has 9 nitrogen and oxygen atoms in total. The topological polar surface area (TPSA) is 112 Å². The Morgan fingerprint density at radius 2 is 1.81 bits per heavy atom. The summed E-state index contributed by atoms with van der Waals surface area (Å²) in [6, 6.07) is 19.6. The van der Waals surface area contributed by atoms with E-state index in [0.717, 1.165) is 22.9 Å². The molecule has 1 aromatic heterocycles. The Morgan fingerprint density at radius 1 is 1.00 bits per heavy atom. The third-order valence-electron chi connectivity index (χ3n) is 5.56. The Balaban J connectivity index is 1.27. The molecular weight excluding hydrogens is 480 g/mol. The molecule has 182 valence electrons. The van der Waals surface area contributed by atoms with Crippen LogP contribution in [0.5, 0.6) is 11.5 Å². The number of aromatic nitrogens is 2. The standard InChI is InChI=1S/C26H22N4O5S/c1-2-30-24(32)19-12-17(16-6-4-3-5-7-16)8-10-20(19)28-26(30)36-14-23(31)29-25(33)27-18-9-11-21-22(13-18)35-15-34-21/h3-13H,2,14-15H2,1H3,(H2,27,29,31,33). The molecular formula is C26H22N4O5S. The van der Waals surface area contributed by atoms with Gasteiger partial charge in [-0.2, -0.15) is 0 Å². The lowest BCUT2D eigenvalue weighted by molar-refractivity contribution is -0.117. The Hall–Kier alpha value is -4.31. The molecule has 2 N–H and O–H groups in total. The quantitative estimate of drug-likeness (QED) is 0.299. The van der Waals surface area contributed by atoms with Crippen molar-refractivity contribution in [2.75, 3.05) is 17.9 Å². The maximum absolute atomic E-state index is 13.2. The fraction of sp³-hybridized carbons (Fsp3) is 0.154. The van der Waals surface area contributed by atoms with Crippen LogP contribution in [0.25, 0.3) is 22.0 Å². The van der Waals surface area contributed by atoms with Crippen molar-refractivity contribution < 1.29 is 19.1 Å². The van der Waals surface area contributed by atoms with Crippen molar-refractivity contribution in [2.24, 2.45) is 0 Å². The summed E-state index contributed by atoms with van der Waals surface area (Å²) in [7, 11) is 0. The van der Waals surface area contributed by atoms with Gasteiger partial charge in [-0.05, 0) is 42.3 Å². The highest BCUT2D eigenvalue weighted by molar-refractivity contribution is 7.99. The second-order valence-corrected chi connectivity index (χ2v) is 8.84. The van der Waals surface area contributed by atoms with E-state index in [4.69, 9.17) is 9.47 Å². The maximum atomic E-state index is 13.2. The van der Waals surface area contributed by atoms with Crippen molar-refractivity contribution in [3.8, 4) is 22.6 Å². The number of nitrogens with zero attached hydrogens (tertiary/aromatic N) is 2. The van der Waals surface area contributed by atoms with Crippen LogP contribution in [0.1, 0.15) is 6.92 Å². The van der Waals surface area contributed by atoms with Gasteiger partial charge in [0.25, 0.3) is 5.56 Å². The summed E-state index contributed by atoms with van der Waals surface area (Å²) in [5.41, 5.74) is 2.77. The second kappa shape index (κ2) is 10.1. The number of rotatable bonds is 6. The minimum absolute atomic E-state index is 0.0887. The van der Waals surface area contributed by atoms with Crippen molar-refractivity contribution in [1.29, 1.82) is 0 Å². The number of carbonyl (C=O) groups excluding carboxylic acids is 2. The van der Waals surface area contributed by atoms with E-state index in [1.807, 2.05) is 55.5 Å². The van der Waals surface area contributed by atoms with Gasteiger partial charge in [-0.25, -0.2) is 9.78 Å². The molecule has 0 fully saturated rings. The van der Waals surface area contributed by atoms with E-state index < -0.39 is 11.9 Å². The van der Waals surface area contributed by atoms with Crippen molar-refractivity contribution in [1.82, 2.24) is 14.9 Å². The molecule has 0 unspecified atom stereocenters. The molecule has 1 aliphatic rings. The number of hydrogen-bond donors (Lipinski definition) is 2. The van der Waals surface area contributed by atoms with Crippen LogP contribution in [0, 0.1) is 0 Å². The van der Waals surface area contributed by atoms with Crippen LogP contribution in [-0.4, -0.2) is 34.0 Å². The zero-order valence-electron chi connectivity index (χ0n) is 19.3. The number of carbonyl (C=O) groups is 2. The fourth-order valence-electron chi connectivity index (χ4n) is 3.83. The first kappa shape index (κ1) is 23.4. The number of imide groups is 1. The normalized spacial score (nSPS) is 11.9. The zero-order chi connectivity index (χ0) is 25.1. The molecule has 5 rings (SSSR count). The van der Waals surface area contributed by atoms with Crippen LogP contribution in [0.15, 0.2) is 76.7 Å². The van der Waals surface area contributed by atoms with Gasteiger partial charge in [0.15, 0.2) is 16.7 Å². The zero-order valence-corrected chi connectivity index (χ0v) is 20.1. The van der Waals surface area contributed by atoms with Crippen LogP contribution in [0.4, 0.5) is 10.5 Å². The maximum Gasteiger partial charge on any atom is 0.325 e. The summed E-state index contributed by atoms with van der Waals surface area (Å²) >= 11 is 1.10. The number of urea groups is 1. The van der Waals surface area contributed by atoms with Gasteiger partial charge < -0.3 is 14.8 Å². The lowest BCUT2D eigenvalue weighted by Gasteiger charge is -2.12. The van der Waals surface area contributed by atoms with E-state index in [0.29, 0.717) is 39.8 Å². The smallest absolute Gasteiger partial charge is 0.325 e. The summed E-state index contributed by atoms with van der Waals surface area (Å²) in [6.45, 7) is 2.37. The van der Waals surface area contributed by atoms with Crippen molar-refractivity contribution >= 4 is 40.3 Å². The largest absolute Gasteiger partial charge is 0.454 e. The summed E-state index contributed by atoms with van der Waals surface area (Å²) in [6.07, 6.45) is 0. The highest BCUT2D eigenvalue weighted by Gasteiger charge is 2.17. The second-order valence-electron chi connectivity index (χ2n) is 7.90. The minimum Gasteiger partial charge on any atom is -0.454 e. The van der Waals surface area contributed by atoms with Gasteiger partial charge in [0.2, 0.25) is 12.7 Å². The first-order valence-corrected chi connectivity index (χ1v) is 12.2. The molecule has 0 radical (unpaired) electrons. The van der Waals surface area contributed by atoms with Crippen LogP contribution < -0.4 is 25.7 Å². The molecule has 10 heteroatoms. The number of amides is 3. The molecule has 0 bridgehead atoms. The van der Waals surface area contributed by atoms with E-state index in [9.17, 15) is 14.4 Å². The lowest BCUT2D eigenvalue weighted by Crippen LogP contribution is -2.35. The fourth-order valence-corrected chi connectivity index (χ4v) is 4.69. The molecule has 2 heterocycles. The molecule has 3 aromatic carbocycles. The lowest BCUT2D eigenvalue weighted by atomic mass is 10.0. The van der Waals surface area contributed by atoms with Gasteiger partial charge in [0.05, 0.1) is 16.7 Å². The Bertz CT molecular complexity index is 1520. The number of fused-ring (bicyclic) bond motifs is 2. The highest BCUT2D eigenvalue weighted by Crippen LogP contribution is 2.34. The van der Waals surface area contributed by atoms with Crippen LogP contribution >= 0.6 is 11.8 Å². The highest BCUT2D eigenvalue weighted by atomic mass is 32.2. The number of thioether (sulfide) groups is 1. The van der Waals surface area contributed by atoms with E-state index >= 15 is 0 Å². The van der Waals surface area contributed by atoms with Gasteiger partial charge in [-0.15, -0.1) is 0 Å². The molecule has 0 atom stereocenters. The number of hydrogen-bond acceptors (Lipinski definition) is 7. The average Bonchev–Trinajstić information content (AvgIpc) is 3.36. The first-order chi connectivity index (χ1) is 17.5. The van der Waals surface area contributed by atoms with Crippen molar-refractivity contribution in [3.63, 3.8) is 0 Å². The van der Waals surface area contributed by atoms with Crippen molar-refractivity contribution in [3.05, 3.63) is 77.1 Å². The summed E-state index contributed by atoms with van der Waals surface area (Å²) in [4.78, 5) is 42.5. The third-order valence-corrected chi connectivity index (χ3v) is 6.53. The predicted molar refractivity (Wildman–Crippen MR) is 138 cm³/mol. The van der Waals surface area contributed by atoms with E-state index in [1.165, 1.54) is 4.57 Å². The molecule has 0 saturated heterocycles. The minimum atomic E-state index is -0.674. The van der Waals surface area contributed by atoms with Crippen LogP contribution in [0.3, 0.4) is 0 Å². The monoisotopic (exact) mass is 502 g/mol. The predicted octanol–water partition coefficient (Wildman–Crippen LogP) is 4.25. The van der Waals surface area contributed by atoms with Gasteiger partial charge in [-0.3, -0.25) is 19.5 Å². The molecule has 3 amide bonds. The summed E-state index contributed by atoms with van der Waals surface area (Å²) < 4.78 is 12.1. The first-order valence-electron chi connectivity index (χ1n) is 11.2. The number of benzene rings is 3. The van der Waals surface area contributed by atoms with Crippen LogP contribution in [0.2, 0.25) is 0 Å². The van der Waals surface area contributed by atoms with Gasteiger partial charge >= 0.3 is 6.03 Å². The van der Waals surface area contributed by atoms with Gasteiger partial charge in [0.1, 0.15) is 0 Å². The van der Waals surface area contributed by atoms with Crippen LogP contribution in [-0.2, 0) is 11.3 Å². The SMILES string of the molecule is CCn1c(SCC(=O)NC(=O)Nc2ccc3c(c2)OCO3)nc2ccc(-c3ccccc3)cc2c1=O. The van der Waals surface area contributed by atoms with Crippen molar-refractivity contribution in [2.45, 2.75) is 18.6 Å². The molecule has 0 spiro atoms. The van der Waals surface area contributed by atoms with E-state index in [1.54, 1.807) is 18.2 Å². The van der Waals surface area contributed by atoms with E-state index in [2.05, 4.69) is 15.6 Å². The molecule has 36 heavy (non-hydrogen) atoms. The molecule has 0 aliphatic carbocycles. The average molecular weight is 503 g/mol. The Labute approximate surface area is 210 Å². The Kier molecular flexibility index (Phi) is 6.59. The van der Waals surface area contributed by atoms with E-state index in [-0.39, 0.29) is 18.1 Å². The Morgan fingerprint density at radius 3 is 2.61 bits per heavy atom. The summed E-state index contributed by atoms with van der Waals surface area (Å²) in [5.74, 6) is 0.504. The van der Waals surface area contributed by atoms with Gasteiger partial charge in [0, 0.05) is 18.3 Å². The molecule has 0 saturated carbocycles. The molecule has 1 aliphatic heterocycles. The third kappa shape index (κ3) is 4.89. The summed E-state index contributed by atoms with van der Waals surface area (Å²) in [5, 5.41) is 5.79. The number of anilines is 1. The van der Waals surface area contributed by atoms with Gasteiger partial charge in [-0.1, -0.05) is 48.2 Å². The number of nitrogens with one attached hydrogen (secondary N) is 2. The molecule has 4 aromatic rings. The number of ether oxygens (including phenoxy) is 2.